The second-order valence-electron chi connectivity index (χ2n) is 2.43. The highest BCUT2D eigenvalue weighted by Crippen LogP contribution is 2.17. The maximum absolute atomic E-state index is 8.47. The standard InChI is InChI=1S/C8H9N2.BH3O3.FH/c1-2-7-5-3-4-6-8(7)10-9;2-1(3)4;/h3-6H,2H2,1H3;2-4H;1H/q+1;;. The Morgan fingerprint density at radius 3 is 2.07 bits per heavy atom. The van der Waals surface area contributed by atoms with Gasteiger partial charge in [0, 0.05) is 11.6 Å². The van der Waals surface area contributed by atoms with Crippen LogP contribution in [0, 0.1) is 5.39 Å². The lowest BCUT2D eigenvalue weighted by Crippen LogP contribution is -2.07. The second-order valence-corrected chi connectivity index (χ2v) is 2.43. The van der Waals surface area contributed by atoms with Gasteiger partial charge in [0.2, 0.25) is 5.39 Å². The molecule has 0 atom stereocenters. The molecule has 0 heterocycles. The van der Waals surface area contributed by atoms with Gasteiger partial charge in [0.15, 0.2) is 4.98 Å². The molecular formula is C8H13BFN2O3+. The van der Waals surface area contributed by atoms with Gasteiger partial charge in [-0.25, -0.2) is 0 Å². The summed E-state index contributed by atoms with van der Waals surface area (Å²) in [4.78, 5) is 3.14. The van der Waals surface area contributed by atoms with Crippen LogP contribution >= 0.6 is 0 Å². The summed E-state index contributed by atoms with van der Waals surface area (Å²) in [6, 6.07) is 7.54. The van der Waals surface area contributed by atoms with Crippen LogP contribution in [0.25, 0.3) is 4.98 Å². The van der Waals surface area contributed by atoms with Crippen molar-refractivity contribution in [3.05, 3.63) is 34.8 Å². The summed E-state index contributed by atoms with van der Waals surface area (Å²) < 4.78 is 0. The van der Waals surface area contributed by atoms with Crippen LogP contribution in [0.2, 0.25) is 0 Å². The van der Waals surface area contributed by atoms with Crippen LogP contribution < -0.4 is 0 Å². The van der Waals surface area contributed by atoms with Crippen molar-refractivity contribution in [2.24, 2.45) is 0 Å². The molecule has 0 unspecified atom stereocenters. The predicted octanol–water partition coefficient (Wildman–Crippen LogP) is 0.834. The van der Waals surface area contributed by atoms with Crippen molar-refractivity contribution in [2.45, 2.75) is 13.3 Å². The van der Waals surface area contributed by atoms with Gasteiger partial charge in [-0.05, 0) is 6.42 Å². The van der Waals surface area contributed by atoms with Crippen molar-refractivity contribution in [1.82, 2.24) is 0 Å². The molecule has 15 heavy (non-hydrogen) atoms. The van der Waals surface area contributed by atoms with E-state index in [9.17, 15) is 0 Å². The molecule has 3 N–H and O–H groups in total. The molecular weight excluding hydrogens is 202 g/mol. The molecule has 82 valence electrons. The molecule has 0 amide bonds. The van der Waals surface area contributed by atoms with E-state index in [0.717, 1.165) is 12.0 Å². The number of aryl methyl sites for hydroxylation is 1. The highest BCUT2D eigenvalue weighted by atomic mass is 19.0. The molecule has 0 spiro atoms. The average Bonchev–Trinajstić information content (AvgIpc) is 2.17. The molecule has 0 saturated heterocycles. The van der Waals surface area contributed by atoms with E-state index >= 15 is 0 Å². The molecule has 0 fully saturated rings. The fourth-order valence-corrected chi connectivity index (χ4v) is 0.907. The Balaban J connectivity index is 0. The fourth-order valence-electron chi connectivity index (χ4n) is 0.907. The van der Waals surface area contributed by atoms with Gasteiger partial charge in [-0.2, -0.15) is 0 Å². The summed E-state index contributed by atoms with van der Waals surface area (Å²) in [6.45, 7) is 2.03. The third kappa shape index (κ3) is 7.58. The third-order valence-electron chi connectivity index (χ3n) is 1.48. The molecule has 1 rings (SSSR count). The molecule has 5 nitrogen and oxygen atoms in total. The van der Waals surface area contributed by atoms with E-state index in [2.05, 4.69) is 4.98 Å². The third-order valence-corrected chi connectivity index (χ3v) is 1.48. The van der Waals surface area contributed by atoms with Crippen molar-refractivity contribution in [3.63, 3.8) is 0 Å². The summed E-state index contributed by atoms with van der Waals surface area (Å²) >= 11 is 0. The van der Waals surface area contributed by atoms with Crippen LogP contribution in [0.15, 0.2) is 24.3 Å². The van der Waals surface area contributed by atoms with Crippen molar-refractivity contribution >= 4 is 13.0 Å². The Morgan fingerprint density at radius 1 is 1.27 bits per heavy atom. The number of rotatable bonds is 1. The maximum atomic E-state index is 8.47. The second kappa shape index (κ2) is 9.08. The first-order valence-corrected chi connectivity index (χ1v) is 4.09. The average molecular weight is 215 g/mol. The van der Waals surface area contributed by atoms with Gasteiger partial charge in [-0.15, -0.1) is 0 Å². The lowest BCUT2D eigenvalue weighted by molar-refractivity contribution is 0.278. The number of hydrogen-bond donors (Lipinski definition) is 3. The Morgan fingerprint density at radius 2 is 1.73 bits per heavy atom. The molecule has 1 aromatic carbocycles. The van der Waals surface area contributed by atoms with Gasteiger partial charge in [-0.3, -0.25) is 4.70 Å². The highest BCUT2D eigenvalue weighted by Gasteiger charge is 2.08. The lowest BCUT2D eigenvalue weighted by Gasteiger charge is -1.87. The van der Waals surface area contributed by atoms with Crippen LogP contribution in [0.4, 0.5) is 10.4 Å². The Bertz CT molecular complexity index is 314. The predicted molar refractivity (Wildman–Crippen MR) is 55.5 cm³/mol. The monoisotopic (exact) mass is 215 g/mol. The first-order chi connectivity index (χ1) is 6.61. The van der Waals surface area contributed by atoms with E-state index in [-0.39, 0.29) is 4.70 Å². The molecule has 0 saturated carbocycles. The molecule has 1 aromatic rings. The van der Waals surface area contributed by atoms with Gasteiger partial charge in [0.25, 0.3) is 0 Å². The number of nitrogens with zero attached hydrogens (tertiary/aromatic N) is 2. The highest BCUT2D eigenvalue weighted by molar-refractivity contribution is 6.30. The minimum atomic E-state index is -2.17. The van der Waals surface area contributed by atoms with Crippen molar-refractivity contribution in [3.8, 4) is 0 Å². The Hall–Kier alpha value is -1.49. The number of benzene rings is 1. The van der Waals surface area contributed by atoms with E-state index in [0.29, 0.717) is 5.69 Å². The van der Waals surface area contributed by atoms with E-state index in [1.165, 1.54) is 0 Å². The zero-order valence-corrected chi connectivity index (χ0v) is 8.24. The molecule has 0 aliphatic carbocycles. The van der Waals surface area contributed by atoms with E-state index < -0.39 is 7.32 Å². The topological polar surface area (TPSA) is 88.8 Å². The van der Waals surface area contributed by atoms with Crippen molar-refractivity contribution in [2.75, 3.05) is 0 Å². The van der Waals surface area contributed by atoms with Crippen LogP contribution in [-0.2, 0) is 6.42 Å². The minimum absolute atomic E-state index is 0. The lowest BCUT2D eigenvalue weighted by atomic mass is 10.1. The van der Waals surface area contributed by atoms with Crippen LogP contribution in [-0.4, -0.2) is 22.4 Å². The number of hydrogen-bond acceptors (Lipinski definition) is 4. The Kier molecular flexibility index (Phi) is 9.67. The Labute approximate surface area is 87.2 Å². The van der Waals surface area contributed by atoms with Gasteiger partial charge < -0.3 is 15.1 Å². The first-order valence-electron chi connectivity index (χ1n) is 4.09. The smallest absolute Gasteiger partial charge is 0.402 e. The van der Waals surface area contributed by atoms with Gasteiger partial charge >= 0.3 is 13.0 Å². The van der Waals surface area contributed by atoms with Gasteiger partial charge in [-0.1, -0.05) is 25.1 Å². The SMILES string of the molecule is CCc1ccccc1[N+]#N.F.OB(O)O. The molecule has 7 heteroatoms. The summed E-state index contributed by atoms with van der Waals surface area (Å²) in [5.41, 5.74) is 1.75. The zero-order chi connectivity index (χ0) is 11.0. The van der Waals surface area contributed by atoms with Crippen LogP contribution in [0.1, 0.15) is 12.5 Å². The molecule has 0 aliphatic heterocycles. The van der Waals surface area contributed by atoms with Gasteiger partial charge in [0.05, 0.1) is 0 Å². The van der Waals surface area contributed by atoms with E-state index in [4.69, 9.17) is 20.5 Å². The molecule has 0 aromatic heterocycles. The first kappa shape index (κ1) is 16.0. The van der Waals surface area contributed by atoms with E-state index in [1.807, 2.05) is 25.1 Å². The van der Waals surface area contributed by atoms with Crippen molar-refractivity contribution in [1.29, 1.82) is 5.39 Å². The summed E-state index contributed by atoms with van der Waals surface area (Å²) in [6.07, 6.45) is 0.903. The van der Waals surface area contributed by atoms with Crippen molar-refractivity contribution < 1.29 is 19.8 Å². The van der Waals surface area contributed by atoms with Crippen LogP contribution in [0.5, 0.6) is 0 Å². The summed E-state index contributed by atoms with van der Waals surface area (Å²) in [5.74, 6) is 0. The number of halogens is 1. The fraction of sp³-hybridized carbons (Fsp3) is 0.250. The summed E-state index contributed by atoms with van der Waals surface area (Å²) in [5, 5.41) is 30.0. The molecule has 0 bridgehead atoms. The van der Waals surface area contributed by atoms with Crippen LogP contribution in [0.3, 0.4) is 0 Å². The van der Waals surface area contributed by atoms with E-state index in [1.54, 1.807) is 6.07 Å². The maximum Gasteiger partial charge on any atom is 0.631 e. The normalized spacial score (nSPS) is 7.67. The largest absolute Gasteiger partial charge is 0.631 e. The quantitative estimate of drug-likeness (QED) is 0.478. The summed E-state index contributed by atoms with van der Waals surface area (Å²) in [7, 11) is -2.17. The zero-order valence-electron chi connectivity index (χ0n) is 8.24. The molecule has 0 aliphatic rings. The number of diazo groups is 1. The van der Waals surface area contributed by atoms with Gasteiger partial charge in [0.1, 0.15) is 0 Å². The minimum Gasteiger partial charge on any atom is -0.402 e. The molecule has 0 radical (unpaired) electrons.